The third kappa shape index (κ3) is 5.75. The van der Waals surface area contributed by atoms with Gasteiger partial charge < -0.3 is 23.9 Å². The first-order chi connectivity index (χ1) is 16.3. The molecule has 1 heterocycles. The number of carbonyl (C=O) groups excluding carboxylic acids is 3. The molecule has 11 heteroatoms. The molecule has 10 nitrogen and oxygen atoms in total. The second-order valence-electron chi connectivity index (χ2n) is 6.57. The van der Waals surface area contributed by atoms with E-state index in [9.17, 15) is 19.2 Å². The fourth-order valence-corrected chi connectivity index (χ4v) is 3.10. The van der Waals surface area contributed by atoms with Crippen LogP contribution in [0.15, 0.2) is 57.7 Å². The maximum absolute atomic E-state index is 12.8. The lowest BCUT2D eigenvalue weighted by molar-refractivity contribution is 0.0529. The number of alkyl carbamates (subject to hydrolysis) is 1. The van der Waals surface area contributed by atoms with Crippen LogP contribution in [0.3, 0.4) is 0 Å². The number of amides is 1. The predicted molar refractivity (Wildman–Crippen MR) is 126 cm³/mol. The zero-order chi connectivity index (χ0) is 24.7. The highest BCUT2D eigenvalue weighted by atomic mass is 32.1. The Labute approximate surface area is 198 Å². The second-order valence-corrected chi connectivity index (χ2v) is 6.98. The van der Waals surface area contributed by atoms with Gasteiger partial charge in [0.2, 0.25) is 0 Å². The SMILES string of the molecule is CCOC(=O)NC(=S)Nc1c(C(=O)OCC)c2cc(OC(=O)c3ccccc3)ccc2oc1=O. The van der Waals surface area contributed by atoms with Gasteiger partial charge in [0.05, 0.1) is 18.8 Å². The maximum Gasteiger partial charge on any atom is 0.413 e. The van der Waals surface area contributed by atoms with Crippen LogP contribution in [-0.2, 0) is 9.47 Å². The van der Waals surface area contributed by atoms with Gasteiger partial charge in [0, 0.05) is 5.39 Å². The van der Waals surface area contributed by atoms with Crippen LogP contribution in [0, 0.1) is 0 Å². The molecule has 2 aromatic carbocycles. The fraction of sp³-hybridized carbons (Fsp3) is 0.174. The van der Waals surface area contributed by atoms with Crippen LogP contribution < -0.4 is 21.0 Å². The Kier molecular flexibility index (Phi) is 7.93. The van der Waals surface area contributed by atoms with E-state index in [0.717, 1.165) is 0 Å². The molecular formula is C23H20N2O8S. The first kappa shape index (κ1) is 24.4. The highest BCUT2D eigenvalue weighted by Crippen LogP contribution is 2.28. The van der Waals surface area contributed by atoms with Crippen LogP contribution in [0.1, 0.15) is 34.6 Å². The number of anilines is 1. The quantitative estimate of drug-likeness (QED) is 0.231. The minimum atomic E-state index is -0.933. The number of hydrogen-bond acceptors (Lipinski definition) is 9. The molecule has 0 radical (unpaired) electrons. The Balaban J connectivity index is 2.04. The van der Waals surface area contributed by atoms with E-state index in [0.29, 0.717) is 5.56 Å². The minimum absolute atomic E-state index is 0.0220. The Morgan fingerprint density at radius 3 is 2.35 bits per heavy atom. The lowest BCUT2D eigenvalue weighted by Crippen LogP contribution is -2.36. The van der Waals surface area contributed by atoms with Crippen LogP contribution in [-0.4, -0.2) is 36.4 Å². The van der Waals surface area contributed by atoms with E-state index < -0.39 is 23.7 Å². The number of rotatable bonds is 6. The fourth-order valence-electron chi connectivity index (χ4n) is 2.92. The molecule has 3 rings (SSSR count). The van der Waals surface area contributed by atoms with Crippen LogP contribution in [0.5, 0.6) is 5.75 Å². The summed E-state index contributed by atoms with van der Waals surface area (Å²) in [7, 11) is 0. The third-order valence-electron chi connectivity index (χ3n) is 4.31. The summed E-state index contributed by atoms with van der Waals surface area (Å²) in [5.74, 6) is -1.37. The van der Waals surface area contributed by atoms with Crippen molar-refractivity contribution in [2.75, 3.05) is 18.5 Å². The first-order valence-corrected chi connectivity index (χ1v) is 10.5. The van der Waals surface area contributed by atoms with Crippen LogP contribution in [0.2, 0.25) is 0 Å². The number of hydrogen-bond donors (Lipinski definition) is 2. The molecule has 0 aliphatic carbocycles. The summed E-state index contributed by atoms with van der Waals surface area (Å²) in [6.07, 6.45) is -0.849. The smallest absolute Gasteiger partial charge is 0.413 e. The number of esters is 2. The molecule has 1 amide bonds. The number of benzene rings is 2. The highest BCUT2D eigenvalue weighted by Gasteiger charge is 2.24. The van der Waals surface area contributed by atoms with E-state index in [1.807, 2.05) is 0 Å². The van der Waals surface area contributed by atoms with Gasteiger partial charge in [-0.2, -0.15) is 0 Å². The molecule has 0 aliphatic heterocycles. The summed E-state index contributed by atoms with van der Waals surface area (Å²) < 4.78 is 20.5. The molecule has 0 atom stereocenters. The van der Waals surface area contributed by atoms with Gasteiger partial charge in [0.1, 0.15) is 22.6 Å². The molecule has 1 aromatic heterocycles. The predicted octanol–water partition coefficient (Wildman–Crippen LogP) is 3.63. The highest BCUT2D eigenvalue weighted by molar-refractivity contribution is 7.80. The van der Waals surface area contributed by atoms with Crippen molar-refractivity contribution in [3.8, 4) is 5.75 Å². The van der Waals surface area contributed by atoms with Crippen molar-refractivity contribution in [2.45, 2.75) is 13.8 Å². The Morgan fingerprint density at radius 1 is 0.971 bits per heavy atom. The zero-order valence-electron chi connectivity index (χ0n) is 18.2. The van der Waals surface area contributed by atoms with Crippen molar-refractivity contribution >= 4 is 52.0 Å². The molecule has 3 aromatic rings. The number of ether oxygens (including phenoxy) is 3. The first-order valence-electron chi connectivity index (χ1n) is 10.1. The average Bonchev–Trinajstić information content (AvgIpc) is 2.80. The molecule has 34 heavy (non-hydrogen) atoms. The summed E-state index contributed by atoms with van der Waals surface area (Å²) in [6.45, 7) is 3.33. The third-order valence-corrected chi connectivity index (χ3v) is 4.51. The monoisotopic (exact) mass is 484 g/mol. The molecular weight excluding hydrogens is 464 g/mol. The van der Waals surface area contributed by atoms with Crippen molar-refractivity contribution < 1.29 is 33.0 Å². The molecule has 176 valence electrons. The van der Waals surface area contributed by atoms with Crippen LogP contribution >= 0.6 is 12.2 Å². The number of carbonyl (C=O) groups is 3. The molecule has 0 aliphatic rings. The summed E-state index contributed by atoms with van der Waals surface area (Å²) in [6, 6.07) is 12.5. The average molecular weight is 484 g/mol. The summed E-state index contributed by atoms with van der Waals surface area (Å²) in [5, 5.41) is 4.53. The largest absolute Gasteiger partial charge is 0.462 e. The van der Waals surface area contributed by atoms with E-state index in [2.05, 4.69) is 10.6 Å². The standard InChI is InChI=1S/C23H20N2O8S/c1-3-30-20(27)17-15-12-14(32-19(26)13-8-6-5-7-9-13)10-11-16(15)33-21(28)18(17)24-22(34)25-23(29)31-4-2/h5-12H,3-4H2,1-2H3,(H2,24,25,29,34). The van der Waals surface area contributed by atoms with Crippen molar-refractivity contribution in [1.29, 1.82) is 0 Å². The number of nitrogens with one attached hydrogen (secondary N) is 2. The van der Waals surface area contributed by atoms with Gasteiger partial charge in [-0.3, -0.25) is 5.32 Å². The summed E-state index contributed by atoms with van der Waals surface area (Å²) in [4.78, 5) is 49.5. The van der Waals surface area contributed by atoms with Gasteiger partial charge in [-0.1, -0.05) is 18.2 Å². The number of fused-ring (bicyclic) bond motifs is 1. The normalized spacial score (nSPS) is 10.3. The molecule has 0 bridgehead atoms. The van der Waals surface area contributed by atoms with Crippen molar-refractivity contribution in [3.63, 3.8) is 0 Å². The van der Waals surface area contributed by atoms with Gasteiger partial charge in [0.15, 0.2) is 5.11 Å². The van der Waals surface area contributed by atoms with E-state index >= 15 is 0 Å². The van der Waals surface area contributed by atoms with Crippen molar-refractivity contribution in [2.24, 2.45) is 0 Å². The molecule has 0 saturated carbocycles. The molecule has 0 fully saturated rings. The topological polar surface area (TPSA) is 133 Å². The minimum Gasteiger partial charge on any atom is -0.462 e. The van der Waals surface area contributed by atoms with E-state index in [-0.39, 0.29) is 46.3 Å². The van der Waals surface area contributed by atoms with Crippen LogP contribution in [0.4, 0.5) is 10.5 Å². The number of thiocarbonyl (C=S) groups is 1. The van der Waals surface area contributed by atoms with Crippen molar-refractivity contribution in [3.05, 3.63) is 70.1 Å². The summed E-state index contributed by atoms with van der Waals surface area (Å²) >= 11 is 5.03. The van der Waals surface area contributed by atoms with Crippen LogP contribution in [0.25, 0.3) is 11.0 Å². The lowest BCUT2D eigenvalue weighted by Gasteiger charge is -2.14. The molecule has 0 saturated heterocycles. The van der Waals surface area contributed by atoms with Gasteiger partial charge in [-0.15, -0.1) is 0 Å². The molecule has 2 N–H and O–H groups in total. The lowest BCUT2D eigenvalue weighted by atomic mass is 10.1. The Hall–Kier alpha value is -4.25. The Morgan fingerprint density at radius 2 is 1.68 bits per heavy atom. The van der Waals surface area contributed by atoms with Crippen molar-refractivity contribution in [1.82, 2.24) is 5.32 Å². The maximum atomic E-state index is 12.8. The van der Waals surface area contributed by atoms with E-state index in [4.69, 9.17) is 30.8 Å². The summed E-state index contributed by atoms with van der Waals surface area (Å²) in [5.41, 5.74) is -1.14. The van der Waals surface area contributed by atoms with Gasteiger partial charge >= 0.3 is 23.7 Å². The van der Waals surface area contributed by atoms with E-state index in [1.165, 1.54) is 18.2 Å². The van der Waals surface area contributed by atoms with Gasteiger partial charge in [-0.05, 0) is 56.4 Å². The van der Waals surface area contributed by atoms with E-state index in [1.54, 1.807) is 44.2 Å². The Bertz CT molecular complexity index is 1300. The molecule has 0 unspecified atom stereocenters. The molecule has 0 spiro atoms. The van der Waals surface area contributed by atoms with Gasteiger partial charge in [-0.25, -0.2) is 19.2 Å². The van der Waals surface area contributed by atoms with Gasteiger partial charge in [0.25, 0.3) is 0 Å². The second kappa shape index (κ2) is 11.1. The zero-order valence-corrected chi connectivity index (χ0v) is 19.0.